The first-order chi connectivity index (χ1) is 9.45. The summed E-state index contributed by atoms with van der Waals surface area (Å²) in [7, 11) is 0.817. The van der Waals surface area contributed by atoms with Crippen molar-refractivity contribution in [3.05, 3.63) is 17.5 Å². The van der Waals surface area contributed by atoms with Crippen LogP contribution < -0.4 is 9.47 Å². The van der Waals surface area contributed by atoms with Crippen molar-refractivity contribution in [2.75, 3.05) is 7.11 Å². The summed E-state index contributed by atoms with van der Waals surface area (Å²) in [6.45, 7) is 0. The van der Waals surface area contributed by atoms with Crippen molar-refractivity contribution in [1.29, 1.82) is 0 Å². The van der Waals surface area contributed by atoms with Crippen LogP contribution in [0, 0.1) is 0 Å². The molecule has 1 heterocycles. The van der Waals surface area contributed by atoms with Crippen LogP contribution in [0.5, 0.6) is 11.5 Å². The van der Waals surface area contributed by atoms with Crippen LogP contribution in [0.2, 0.25) is 0 Å². The smallest absolute Gasteiger partial charge is 0.491 e. The number of halogens is 6. The highest BCUT2D eigenvalue weighted by molar-refractivity contribution is 5.71. The highest BCUT2D eigenvalue weighted by atomic mass is 19.4. The fourth-order valence-electron chi connectivity index (χ4n) is 1.45. The third-order valence-electron chi connectivity index (χ3n) is 2.12. The van der Waals surface area contributed by atoms with E-state index in [-0.39, 0.29) is 0 Å². The maximum absolute atomic E-state index is 12.9. The molecule has 0 aromatic carbocycles. The molecule has 0 saturated carbocycles. The summed E-state index contributed by atoms with van der Waals surface area (Å²) in [5.74, 6) is -4.30. The number of aromatic nitrogens is 1. The van der Waals surface area contributed by atoms with Gasteiger partial charge in [-0.2, -0.15) is 13.2 Å². The summed E-state index contributed by atoms with van der Waals surface area (Å²) in [5.41, 5.74) is -3.06. The van der Waals surface area contributed by atoms with E-state index in [1.165, 1.54) is 0 Å². The summed E-state index contributed by atoms with van der Waals surface area (Å²) in [4.78, 5) is 13.7. The van der Waals surface area contributed by atoms with Crippen molar-refractivity contribution in [2.24, 2.45) is 0 Å². The minimum Gasteiger partial charge on any atom is -0.491 e. The molecule has 1 N–H and O–H groups in total. The fraction of sp³-hybridized carbons (Fsp3) is 0.400. The summed E-state index contributed by atoms with van der Waals surface area (Å²) in [6.07, 6.45) is -11.4. The van der Waals surface area contributed by atoms with Gasteiger partial charge >= 0.3 is 18.5 Å². The summed E-state index contributed by atoms with van der Waals surface area (Å²) >= 11 is 0. The quantitative estimate of drug-likeness (QED) is 0.864. The molecule has 0 atom stereocenters. The third kappa shape index (κ3) is 4.39. The van der Waals surface area contributed by atoms with Gasteiger partial charge in [0.25, 0.3) is 0 Å². The van der Waals surface area contributed by atoms with Crippen LogP contribution >= 0.6 is 0 Å². The minimum atomic E-state index is -5.42. The maximum atomic E-state index is 12.9. The Morgan fingerprint density at radius 2 is 1.86 bits per heavy atom. The first-order valence-corrected chi connectivity index (χ1v) is 5.06. The lowest BCUT2D eigenvalue weighted by molar-refractivity contribution is -0.276. The molecule has 0 amide bonds. The second-order valence-corrected chi connectivity index (χ2v) is 3.59. The van der Waals surface area contributed by atoms with Gasteiger partial charge in [-0.3, -0.25) is 9.78 Å². The standard InChI is InChI=1S/C10H7F6NO4/c1-20-5-3-17-4(2-6(18)19)7(9(11,12)13)8(5)21-10(14,15)16/h3H,2H2,1H3,(H,18,19). The van der Waals surface area contributed by atoms with Gasteiger partial charge < -0.3 is 14.6 Å². The number of rotatable bonds is 4. The van der Waals surface area contributed by atoms with E-state index >= 15 is 0 Å². The van der Waals surface area contributed by atoms with Crippen LogP contribution in [0.1, 0.15) is 11.3 Å². The van der Waals surface area contributed by atoms with Gasteiger partial charge in [-0.15, -0.1) is 13.2 Å². The van der Waals surface area contributed by atoms with E-state index in [9.17, 15) is 31.1 Å². The molecule has 0 bridgehead atoms. The van der Waals surface area contributed by atoms with E-state index < -0.39 is 47.7 Å². The molecule has 0 aliphatic carbocycles. The molecule has 11 heteroatoms. The van der Waals surface area contributed by atoms with Crippen LogP contribution in [-0.4, -0.2) is 29.5 Å². The first-order valence-electron chi connectivity index (χ1n) is 5.06. The first kappa shape index (κ1) is 16.9. The Balaban J connectivity index is 3.57. The van der Waals surface area contributed by atoms with Crippen LogP contribution in [0.15, 0.2) is 6.20 Å². The number of carboxylic acids is 1. The van der Waals surface area contributed by atoms with E-state index in [4.69, 9.17) is 5.11 Å². The van der Waals surface area contributed by atoms with Gasteiger partial charge in [-0.1, -0.05) is 0 Å². The Hall–Kier alpha value is -2.20. The van der Waals surface area contributed by atoms with Gasteiger partial charge in [0.2, 0.25) is 0 Å². The highest BCUT2D eigenvalue weighted by Gasteiger charge is 2.44. The molecule has 1 aromatic rings. The number of ether oxygens (including phenoxy) is 2. The van der Waals surface area contributed by atoms with Gasteiger partial charge in [0.05, 0.1) is 25.4 Å². The number of methoxy groups -OCH3 is 1. The second kappa shape index (κ2) is 5.66. The number of alkyl halides is 6. The minimum absolute atomic E-state index is 0.522. The van der Waals surface area contributed by atoms with Crippen molar-refractivity contribution in [3.63, 3.8) is 0 Å². The van der Waals surface area contributed by atoms with Crippen molar-refractivity contribution in [1.82, 2.24) is 4.98 Å². The Morgan fingerprint density at radius 3 is 2.24 bits per heavy atom. The van der Waals surface area contributed by atoms with Gasteiger partial charge in [0.15, 0.2) is 11.5 Å². The zero-order valence-corrected chi connectivity index (χ0v) is 10.2. The highest BCUT2D eigenvalue weighted by Crippen LogP contribution is 2.45. The molecule has 0 spiro atoms. The second-order valence-electron chi connectivity index (χ2n) is 3.59. The SMILES string of the molecule is COc1cnc(CC(=O)O)c(C(F)(F)F)c1OC(F)(F)F. The molecule has 0 aliphatic heterocycles. The average Bonchev–Trinajstić information content (AvgIpc) is 2.24. The van der Waals surface area contributed by atoms with Gasteiger partial charge in [0.1, 0.15) is 5.56 Å². The van der Waals surface area contributed by atoms with Crippen molar-refractivity contribution in [2.45, 2.75) is 19.0 Å². The molecule has 118 valence electrons. The topological polar surface area (TPSA) is 68.7 Å². The van der Waals surface area contributed by atoms with E-state index in [1.807, 2.05) is 0 Å². The molecule has 1 rings (SSSR count). The number of pyridine rings is 1. The van der Waals surface area contributed by atoms with Gasteiger partial charge in [0, 0.05) is 0 Å². The number of carbonyl (C=O) groups is 1. The largest absolute Gasteiger partial charge is 0.573 e. The summed E-state index contributed by atoms with van der Waals surface area (Å²) in [6, 6.07) is 0. The van der Waals surface area contributed by atoms with Gasteiger partial charge in [-0.05, 0) is 0 Å². The van der Waals surface area contributed by atoms with E-state index in [0.717, 1.165) is 7.11 Å². The number of carboxylic acid groups (broad SMARTS) is 1. The zero-order valence-electron chi connectivity index (χ0n) is 10.2. The molecular formula is C10H7F6NO4. The van der Waals surface area contributed by atoms with Crippen molar-refractivity contribution >= 4 is 5.97 Å². The van der Waals surface area contributed by atoms with Gasteiger partial charge in [-0.25, -0.2) is 0 Å². The van der Waals surface area contributed by atoms with E-state index in [1.54, 1.807) is 0 Å². The molecule has 1 aromatic heterocycles. The predicted molar refractivity (Wildman–Crippen MR) is 53.8 cm³/mol. The maximum Gasteiger partial charge on any atom is 0.573 e. The van der Waals surface area contributed by atoms with Crippen molar-refractivity contribution in [3.8, 4) is 11.5 Å². The van der Waals surface area contributed by atoms with Crippen LogP contribution in [-0.2, 0) is 17.4 Å². The normalized spacial score (nSPS) is 12.1. The number of hydrogen-bond donors (Lipinski definition) is 1. The molecule has 0 unspecified atom stereocenters. The molecular weight excluding hydrogens is 312 g/mol. The van der Waals surface area contributed by atoms with Crippen LogP contribution in [0.3, 0.4) is 0 Å². The Bertz CT molecular complexity index is 540. The zero-order chi connectivity index (χ0) is 16.4. The summed E-state index contributed by atoms with van der Waals surface area (Å²) in [5, 5.41) is 8.51. The van der Waals surface area contributed by atoms with Crippen LogP contribution in [0.25, 0.3) is 0 Å². The monoisotopic (exact) mass is 319 g/mol. The van der Waals surface area contributed by atoms with E-state index in [0.29, 0.717) is 6.20 Å². The van der Waals surface area contributed by atoms with E-state index in [2.05, 4.69) is 14.5 Å². The Kier molecular flexibility index (Phi) is 4.54. The lowest BCUT2D eigenvalue weighted by Gasteiger charge is -2.19. The Morgan fingerprint density at radius 1 is 1.29 bits per heavy atom. The summed E-state index contributed by atoms with van der Waals surface area (Å²) < 4.78 is 83.1. The molecule has 0 fully saturated rings. The third-order valence-corrected chi connectivity index (χ3v) is 2.12. The lowest BCUT2D eigenvalue weighted by Crippen LogP contribution is -2.23. The van der Waals surface area contributed by atoms with Crippen molar-refractivity contribution < 1.29 is 45.7 Å². The average molecular weight is 319 g/mol. The molecule has 0 radical (unpaired) electrons. The fourth-order valence-corrected chi connectivity index (χ4v) is 1.45. The molecule has 0 aliphatic rings. The number of nitrogens with zero attached hydrogens (tertiary/aromatic N) is 1. The predicted octanol–water partition coefficient (Wildman–Crippen LogP) is 2.63. The molecule has 5 nitrogen and oxygen atoms in total. The Labute approximate surface area is 113 Å². The molecule has 0 saturated heterocycles. The number of aliphatic carboxylic acids is 1. The number of hydrogen-bond acceptors (Lipinski definition) is 4. The van der Waals surface area contributed by atoms with Crippen LogP contribution in [0.4, 0.5) is 26.3 Å². The molecule has 21 heavy (non-hydrogen) atoms. The lowest BCUT2D eigenvalue weighted by atomic mass is 10.1.